The van der Waals surface area contributed by atoms with Crippen molar-refractivity contribution in [1.82, 2.24) is 4.72 Å². The Labute approximate surface area is 170 Å². The zero-order chi connectivity index (χ0) is 21.6. The first-order valence-corrected chi connectivity index (χ1v) is 10.4. The Balaban J connectivity index is 2.09. The second-order valence-electron chi connectivity index (χ2n) is 6.52. The second kappa shape index (κ2) is 9.49. The lowest BCUT2D eigenvalue weighted by molar-refractivity contribution is -0.123. The van der Waals surface area contributed by atoms with Crippen LogP contribution in [0.5, 0.6) is 0 Å². The Morgan fingerprint density at radius 3 is 2.59 bits per heavy atom. The van der Waals surface area contributed by atoms with Crippen molar-refractivity contribution in [1.29, 1.82) is 0 Å². The van der Waals surface area contributed by atoms with Gasteiger partial charge in [-0.2, -0.15) is 0 Å². The molecule has 0 saturated heterocycles. The fourth-order valence-electron chi connectivity index (χ4n) is 2.43. The van der Waals surface area contributed by atoms with Crippen molar-refractivity contribution in [3.63, 3.8) is 0 Å². The molecule has 0 spiro atoms. The number of aryl methyl sites for hydroxylation is 2. The SMILES string of the molecule is C=CCNS(=O)(=O)c1cccc(C(=O)O[C@@H](C)C(=O)Nc2cc(C)ccc2C)c1. The van der Waals surface area contributed by atoms with Crippen LogP contribution in [-0.2, 0) is 19.6 Å². The minimum Gasteiger partial charge on any atom is -0.449 e. The first-order valence-electron chi connectivity index (χ1n) is 8.94. The molecule has 2 aromatic carbocycles. The summed E-state index contributed by atoms with van der Waals surface area (Å²) in [7, 11) is -3.78. The first-order chi connectivity index (χ1) is 13.6. The normalized spacial score (nSPS) is 12.1. The molecule has 0 radical (unpaired) electrons. The molecule has 2 N–H and O–H groups in total. The Morgan fingerprint density at radius 1 is 1.17 bits per heavy atom. The zero-order valence-electron chi connectivity index (χ0n) is 16.6. The van der Waals surface area contributed by atoms with Gasteiger partial charge in [0.2, 0.25) is 10.0 Å². The maximum atomic E-state index is 12.4. The number of rotatable bonds is 8. The molecule has 2 aromatic rings. The van der Waals surface area contributed by atoms with Crippen molar-refractivity contribution in [2.24, 2.45) is 0 Å². The second-order valence-corrected chi connectivity index (χ2v) is 8.29. The van der Waals surface area contributed by atoms with E-state index in [2.05, 4.69) is 16.6 Å². The summed E-state index contributed by atoms with van der Waals surface area (Å²) in [5.41, 5.74) is 2.53. The maximum Gasteiger partial charge on any atom is 0.338 e. The van der Waals surface area contributed by atoms with Gasteiger partial charge in [0.1, 0.15) is 0 Å². The molecular formula is C21H24N2O5S. The summed E-state index contributed by atoms with van der Waals surface area (Å²) in [4.78, 5) is 24.7. The van der Waals surface area contributed by atoms with Crippen molar-refractivity contribution < 1.29 is 22.7 Å². The summed E-state index contributed by atoms with van der Waals surface area (Å²) in [6.45, 7) is 8.73. The molecule has 1 atom stereocenters. The van der Waals surface area contributed by atoms with Crippen LogP contribution in [-0.4, -0.2) is 32.9 Å². The van der Waals surface area contributed by atoms with Crippen LogP contribution in [0.15, 0.2) is 60.0 Å². The van der Waals surface area contributed by atoms with Crippen LogP contribution in [0.1, 0.15) is 28.4 Å². The Morgan fingerprint density at radius 2 is 1.90 bits per heavy atom. The van der Waals surface area contributed by atoms with Crippen molar-refractivity contribution in [3.05, 3.63) is 71.8 Å². The van der Waals surface area contributed by atoms with Crippen molar-refractivity contribution in [2.45, 2.75) is 31.8 Å². The lowest BCUT2D eigenvalue weighted by Crippen LogP contribution is -2.30. The lowest BCUT2D eigenvalue weighted by atomic mass is 10.1. The number of carbonyl (C=O) groups excluding carboxylic acids is 2. The van der Waals surface area contributed by atoms with Crippen LogP contribution >= 0.6 is 0 Å². The highest BCUT2D eigenvalue weighted by Crippen LogP contribution is 2.17. The third-order valence-electron chi connectivity index (χ3n) is 4.10. The number of ether oxygens (including phenoxy) is 1. The maximum absolute atomic E-state index is 12.4. The van der Waals surface area contributed by atoms with Crippen LogP contribution in [0.25, 0.3) is 0 Å². The molecule has 7 nitrogen and oxygen atoms in total. The van der Waals surface area contributed by atoms with Gasteiger partial charge in [0.15, 0.2) is 6.10 Å². The van der Waals surface area contributed by atoms with E-state index in [4.69, 9.17) is 4.74 Å². The van der Waals surface area contributed by atoms with Crippen LogP contribution in [0.2, 0.25) is 0 Å². The van der Waals surface area contributed by atoms with Crippen molar-refractivity contribution in [3.8, 4) is 0 Å². The minimum absolute atomic E-state index is 0.0258. The number of benzene rings is 2. The molecule has 0 aliphatic heterocycles. The third kappa shape index (κ3) is 6.00. The molecule has 0 unspecified atom stereocenters. The molecule has 1 amide bonds. The van der Waals surface area contributed by atoms with Gasteiger partial charge in [-0.05, 0) is 56.2 Å². The van der Waals surface area contributed by atoms with E-state index < -0.39 is 28.0 Å². The van der Waals surface area contributed by atoms with Crippen LogP contribution in [0.3, 0.4) is 0 Å². The van der Waals surface area contributed by atoms with Crippen LogP contribution < -0.4 is 10.0 Å². The van der Waals surface area contributed by atoms with E-state index in [0.29, 0.717) is 5.69 Å². The van der Waals surface area contributed by atoms with Crippen LogP contribution in [0.4, 0.5) is 5.69 Å². The Kier molecular flexibility index (Phi) is 7.30. The van der Waals surface area contributed by atoms with Crippen molar-refractivity contribution in [2.75, 3.05) is 11.9 Å². The molecule has 0 aliphatic carbocycles. The molecule has 154 valence electrons. The average Bonchev–Trinajstić information content (AvgIpc) is 2.69. The van der Waals surface area contributed by atoms with E-state index in [1.54, 1.807) is 0 Å². The summed E-state index contributed by atoms with van der Waals surface area (Å²) < 4.78 is 31.9. The van der Waals surface area contributed by atoms with E-state index in [0.717, 1.165) is 11.1 Å². The summed E-state index contributed by atoms with van der Waals surface area (Å²) in [6.07, 6.45) is 0.341. The summed E-state index contributed by atoms with van der Waals surface area (Å²) >= 11 is 0. The Bertz CT molecular complexity index is 1030. The molecule has 0 aliphatic rings. The number of amides is 1. The monoisotopic (exact) mass is 416 g/mol. The molecule has 0 saturated carbocycles. The van der Waals surface area contributed by atoms with Gasteiger partial charge >= 0.3 is 5.97 Å². The molecule has 0 fully saturated rings. The standard InChI is InChI=1S/C21H24N2O5S/c1-5-11-22-29(26,27)18-8-6-7-17(13-18)21(25)28-16(4)20(24)23-19-12-14(2)9-10-15(19)3/h5-10,12-13,16,22H,1,11H2,2-4H3,(H,23,24)/t16-/m0/s1. The predicted octanol–water partition coefficient (Wildman–Crippen LogP) is 2.95. The zero-order valence-corrected chi connectivity index (χ0v) is 17.4. The summed E-state index contributed by atoms with van der Waals surface area (Å²) in [5.74, 6) is -1.28. The number of carbonyl (C=O) groups is 2. The van der Waals surface area contributed by atoms with Gasteiger partial charge in [0, 0.05) is 12.2 Å². The number of sulfonamides is 1. The number of hydrogen-bond acceptors (Lipinski definition) is 5. The summed E-state index contributed by atoms with van der Waals surface area (Å²) in [6, 6.07) is 11.0. The van der Waals surface area contributed by atoms with Gasteiger partial charge < -0.3 is 10.1 Å². The molecule has 2 rings (SSSR count). The smallest absolute Gasteiger partial charge is 0.338 e. The number of esters is 1. The quantitative estimate of drug-likeness (QED) is 0.509. The summed E-state index contributed by atoms with van der Waals surface area (Å²) in [5, 5.41) is 2.73. The highest BCUT2D eigenvalue weighted by molar-refractivity contribution is 7.89. The van der Waals surface area contributed by atoms with Crippen molar-refractivity contribution >= 4 is 27.6 Å². The fraction of sp³-hybridized carbons (Fsp3) is 0.238. The number of hydrogen-bond donors (Lipinski definition) is 2. The molecule has 8 heteroatoms. The van der Waals surface area contributed by atoms with Gasteiger partial charge in [-0.1, -0.05) is 24.3 Å². The van der Waals surface area contributed by atoms with Gasteiger partial charge in [-0.15, -0.1) is 6.58 Å². The van der Waals surface area contributed by atoms with E-state index in [1.807, 2.05) is 32.0 Å². The van der Waals surface area contributed by atoms with E-state index in [-0.39, 0.29) is 17.0 Å². The molecule has 29 heavy (non-hydrogen) atoms. The minimum atomic E-state index is -3.78. The van der Waals surface area contributed by atoms with E-state index in [1.165, 1.54) is 37.3 Å². The molecular weight excluding hydrogens is 392 g/mol. The first kappa shape index (κ1) is 22.3. The average molecular weight is 416 g/mol. The molecule has 0 bridgehead atoms. The van der Waals surface area contributed by atoms with E-state index >= 15 is 0 Å². The predicted molar refractivity (Wildman–Crippen MR) is 111 cm³/mol. The topological polar surface area (TPSA) is 102 Å². The molecule has 0 aromatic heterocycles. The van der Waals surface area contributed by atoms with Crippen LogP contribution in [0, 0.1) is 13.8 Å². The number of anilines is 1. The van der Waals surface area contributed by atoms with Gasteiger partial charge in [-0.25, -0.2) is 17.9 Å². The lowest BCUT2D eigenvalue weighted by Gasteiger charge is -2.15. The van der Waals surface area contributed by atoms with Gasteiger partial charge in [0.05, 0.1) is 10.5 Å². The fourth-order valence-corrected chi connectivity index (χ4v) is 3.47. The highest BCUT2D eigenvalue weighted by atomic mass is 32.2. The Hall–Kier alpha value is -2.97. The van der Waals surface area contributed by atoms with E-state index in [9.17, 15) is 18.0 Å². The largest absolute Gasteiger partial charge is 0.449 e. The third-order valence-corrected chi connectivity index (χ3v) is 5.52. The molecule has 0 heterocycles. The van der Waals surface area contributed by atoms with Gasteiger partial charge in [0.25, 0.3) is 5.91 Å². The van der Waals surface area contributed by atoms with Gasteiger partial charge in [-0.3, -0.25) is 4.79 Å². The number of nitrogens with one attached hydrogen (secondary N) is 2. The highest BCUT2D eigenvalue weighted by Gasteiger charge is 2.21.